The van der Waals surface area contributed by atoms with Crippen LogP contribution in [0.15, 0.2) is 18.2 Å². The van der Waals surface area contributed by atoms with Crippen molar-refractivity contribution in [2.75, 3.05) is 36.4 Å². The maximum Gasteiger partial charge on any atom is 0.296 e. The molecule has 0 radical (unpaired) electrons. The van der Waals surface area contributed by atoms with Crippen molar-refractivity contribution in [3.8, 4) is 0 Å². The molecule has 0 saturated carbocycles. The lowest BCUT2D eigenvalue weighted by atomic mass is 10.1. The number of carbonyl (C=O) groups is 2. The van der Waals surface area contributed by atoms with Crippen molar-refractivity contribution in [2.24, 2.45) is 0 Å². The van der Waals surface area contributed by atoms with Crippen molar-refractivity contribution in [1.82, 2.24) is 4.90 Å². The Morgan fingerprint density at radius 3 is 2.71 bits per heavy atom. The second-order valence-electron chi connectivity index (χ2n) is 6.14. The third-order valence-corrected chi connectivity index (χ3v) is 4.89. The van der Waals surface area contributed by atoms with Crippen molar-refractivity contribution < 1.29 is 9.59 Å². The molecule has 0 bridgehead atoms. The van der Waals surface area contributed by atoms with E-state index in [1.165, 1.54) is 32.4 Å². The fraction of sp³-hybridized carbons (Fsp3) is 0.500. The summed E-state index contributed by atoms with van der Waals surface area (Å²) in [6, 6.07) is 6.32. The number of Topliss-reactive ketones (excluding diaryl/α,β-unsaturated/α-hetero) is 1. The number of amides is 1. The second kappa shape index (κ2) is 4.84. The van der Waals surface area contributed by atoms with Gasteiger partial charge in [-0.25, -0.2) is 0 Å². The van der Waals surface area contributed by atoms with Gasteiger partial charge in [-0.05, 0) is 50.6 Å². The summed E-state index contributed by atoms with van der Waals surface area (Å²) in [6.07, 6.45) is 3.84. The van der Waals surface area contributed by atoms with Crippen LogP contribution >= 0.6 is 0 Å². The molecule has 1 unspecified atom stereocenters. The third kappa shape index (κ3) is 2.12. The Morgan fingerprint density at radius 2 is 1.90 bits per heavy atom. The van der Waals surface area contributed by atoms with Gasteiger partial charge in [0.25, 0.3) is 11.7 Å². The van der Waals surface area contributed by atoms with Gasteiger partial charge in [-0.1, -0.05) is 0 Å². The van der Waals surface area contributed by atoms with Gasteiger partial charge >= 0.3 is 0 Å². The molecule has 3 aliphatic rings. The minimum absolute atomic E-state index is 0.423. The molecule has 21 heavy (non-hydrogen) atoms. The zero-order chi connectivity index (χ0) is 14.4. The fourth-order valence-corrected chi connectivity index (χ4v) is 3.71. The van der Waals surface area contributed by atoms with Crippen LogP contribution < -0.4 is 10.2 Å². The summed E-state index contributed by atoms with van der Waals surface area (Å²) in [4.78, 5) is 28.0. The summed E-state index contributed by atoms with van der Waals surface area (Å²) in [6.45, 7) is 4.54. The average Bonchev–Trinajstić information content (AvgIpc) is 3.20. The van der Waals surface area contributed by atoms with Gasteiger partial charge in [-0.15, -0.1) is 0 Å². The molecule has 5 heteroatoms. The Labute approximate surface area is 123 Å². The van der Waals surface area contributed by atoms with Gasteiger partial charge in [0.05, 0.1) is 11.3 Å². The molecule has 2 saturated heterocycles. The maximum atomic E-state index is 11.6. The van der Waals surface area contributed by atoms with E-state index in [-0.39, 0.29) is 0 Å². The first-order chi connectivity index (χ1) is 10.2. The zero-order valence-corrected chi connectivity index (χ0v) is 12.0. The standard InChI is InChI=1S/C16H19N3O2/c20-15-13-4-3-11(9-14(13)17-16(15)21)19-8-5-12(10-19)18-6-1-2-7-18/h3-4,9,12H,1-2,5-8,10H2,(H,17,20,21). The number of fused-ring (bicyclic) bond motifs is 1. The van der Waals surface area contributed by atoms with E-state index >= 15 is 0 Å². The van der Waals surface area contributed by atoms with Gasteiger partial charge in [0.2, 0.25) is 0 Å². The number of hydrogen-bond acceptors (Lipinski definition) is 4. The predicted octanol–water partition coefficient (Wildman–Crippen LogP) is 1.50. The molecule has 0 aromatic heterocycles. The van der Waals surface area contributed by atoms with E-state index in [1.54, 1.807) is 6.07 Å². The topological polar surface area (TPSA) is 52.7 Å². The van der Waals surface area contributed by atoms with Crippen molar-refractivity contribution in [2.45, 2.75) is 25.3 Å². The Kier molecular flexibility index (Phi) is 2.96. The molecular formula is C16H19N3O2. The van der Waals surface area contributed by atoms with Crippen molar-refractivity contribution in [1.29, 1.82) is 0 Å². The number of ketones is 1. The molecule has 1 atom stereocenters. The fourth-order valence-electron chi connectivity index (χ4n) is 3.71. The average molecular weight is 285 g/mol. The van der Waals surface area contributed by atoms with E-state index in [2.05, 4.69) is 15.1 Å². The van der Waals surface area contributed by atoms with Crippen LogP contribution in [0.5, 0.6) is 0 Å². The van der Waals surface area contributed by atoms with Crippen molar-refractivity contribution in [3.05, 3.63) is 23.8 Å². The lowest BCUT2D eigenvalue weighted by Gasteiger charge is -2.24. The highest BCUT2D eigenvalue weighted by Crippen LogP contribution is 2.31. The van der Waals surface area contributed by atoms with Gasteiger partial charge in [0.1, 0.15) is 0 Å². The summed E-state index contributed by atoms with van der Waals surface area (Å²) in [7, 11) is 0. The molecule has 3 heterocycles. The van der Waals surface area contributed by atoms with E-state index in [0.29, 0.717) is 17.3 Å². The lowest BCUT2D eigenvalue weighted by molar-refractivity contribution is -0.112. The van der Waals surface area contributed by atoms with Gasteiger partial charge in [-0.3, -0.25) is 14.5 Å². The van der Waals surface area contributed by atoms with Gasteiger partial charge in [-0.2, -0.15) is 0 Å². The highest BCUT2D eigenvalue weighted by atomic mass is 16.2. The SMILES string of the molecule is O=C1Nc2cc(N3CCC(N4CCCC4)C3)ccc2C1=O. The van der Waals surface area contributed by atoms with E-state index in [1.807, 2.05) is 12.1 Å². The van der Waals surface area contributed by atoms with Crippen LogP contribution in [0.2, 0.25) is 0 Å². The highest BCUT2D eigenvalue weighted by molar-refractivity contribution is 6.51. The number of benzene rings is 1. The highest BCUT2D eigenvalue weighted by Gasteiger charge is 2.31. The molecule has 5 nitrogen and oxygen atoms in total. The normalized spacial score (nSPS) is 25.5. The molecule has 4 rings (SSSR count). The van der Waals surface area contributed by atoms with Crippen molar-refractivity contribution in [3.63, 3.8) is 0 Å². The molecule has 1 N–H and O–H groups in total. The summed E-state index contributed by atoms with van der Waals surface area (Å²) >= 11 is 0. The minimum Gasteiger partial charge on any atom is -0.370 e. The summed E-state index contributed by atoms with van der Waals surface area (Å²) < 4.78 is 0. The van der Waals surface area contributed by atoms with E-state index in [4.69, 9.17) is 0 Å². The molecule has 0 spiro atoms. The number of hydrogen-bond donors (Lipinski definition) is 1. The number of carbonyl (C=O) groups excluding carboxylic acids is 2. The van der Waals surface area contributed by atoms with E-state index in [9.17, 15) is 9.59 Å². The van der Waals surface area contributed by atoms with Crippen LogP contribution in [-0.4, -0.2) is 48.8 Å². The quantitative estimate of drug-likeness (QED) is 0.837. The number of anilines is 2. The molecule has 1 aromatic carbocycles. The summed E-state index contributed by atoms with van der Waals surface area (Å²) in [5.41, 5.74) is 2.26. The summed E-state index contributed by atoms with van der Waals surface area (Å²) in [5, 5.41) is 2.65. The van der Waals surface area contributed by atoms with Crippen LogP contribution in [0.4, 0.5) is 11.4 Å². The molecule has 110 valence electrons. The first kappa shape index (κ1) is 12.8. The Bertz CT molecular complexity index is 608. The van der Waals surface area contributed by atoms with Gasteiger partial charge in [0.15, 0.2) is 0 Å². The monoisotopic (exact) mass is 285 g/mol. The number of nitrogens with zero attached hydrogens (tertiary/aromatic N) is 2. The smallest absolute Gasteiger partial charge is 0.296 e. The number of likely N-dealkylation sites (tertiary alicyclic amines) is 1. The van der Waals surface area contributed by atoms with Crippen LogP contribution in [0.3, 0.4) is 0 Å². The van der Waals surface area contributed by atoms with Crippen molar-refractivity contribution >= 4 is 23.1 Å². The Morgan fingerprint density at radius 1 is 1.10 bits per heavy atom. The lowest BCUT2D eigenvalue weighted by Crippen LogP contribution is -2.35. The number of rotatable bonds is 2. The third-order valence-electron chi connectivity index (χ3n) is 4.89. The minimum atomic E-state index is -0.515. The Balaban J connectivity index is 1.52. The number of nitrogens with one attached hydrogen (secondary N) is 1. The molecule has 0 aliphatic carbocycles. The van der Waals surface area contributed by atoms with Crippen LogP contribution in [-0.2, 0) is 4.79 Å². The van der Waals surface area contributed by atoms with Gasteiger partial charge < -0.3 is 10.2 Å². The molecule has 1 aromatic rings. The largest absolute Gasteiger partial charge is 0.370 e. The van der Waals surface area contributed by atoms with Crippen LogP contribution in [0.25, 0.3) is 0 Å². The van der Waals surface area contributed by atoms with E-state index in [0.717, 1.165) is 18.8 Å². The van der Waals surface area contributed by atoms with Crippen LogP contribution in [0.1, 0.15) is 29.6 Å². The second-order valence-corrected chi connectivity index (χ2v) is 6.14. The van der Waals surface area contributed by atoms with Gasteiger partial charge in [0, 0.05) is 24.8 Å². The summed E-state index contributed by atoms with van der Waals surface area (Å²) in [5.74, 6) is -0.938. The first-order valence-corrected chi connectivity index (χ1v) is 7.71. The molecular weight excluding hydrogens is 266 g/mol. The first-order valence-electron chi connectivity index (χ1n) is 7.71. The zero-order valence-electron chi connectivity index (χ0n) is 12.0. The predicted molar refractivity (Wildman–Crippen MR) is 80.8 cm³/mol. The van der Waals surface area contributed by atoms with Crippen LogP contribution in [0, 0.1) is 0 Å². The maximum absolute atomic E-state index is 11.6. The Hall–Kier alpha value is -1.88. The molecule has 1 amide bonds. The van der Waals surface area contributed by atoms with E-state index < -0.39 is 11.7 Å². The molecule has 2 fully saturated rings. The molecule has 3 aliphatic heterocycles.